The number of hydrogen-bond acceptors (Lipinski definition) is 6. The Morgan fingerprint density at radius 2 is 1.87 bits per heavy atom. The third-order valence-corrected chi connectivity index (χ3v) is 7.38. The van der Waals surface area contributed by atoms with Crippen LogP contribution in [0, 0.1) is 17.2 Å². The molecule has 3 aliphatic rings. The van der Waals surface area contributed by atoms with Crippen LogP contribution in [0.2, 0.25) is 0 Å². The first kappa shape index (κ1) is 23.9. The number of benzene rings is 2. The van der Waals surface area contributed by atoms with Crippen molar-refractivity contribution in [3.05, 3.63) is 78.0 Å². The van der Waals surface area contributed by atoms with E-state index in [1.54, 1.807) is 0 Å². The van der Waals surface area contributed by atoms with Gasteiger partial charge < -0.3 is 25.3 Å². The number of nitrogens with one attached hydrogen (secondary N) is 1. The molecule has 6 rings (SSSR count). The molecular weight excluding hydrogens is 476 g/mol. The molecule has 1 aromatic heterocycles. The molecule has 8 nitrogen and oxygen atoms in total. The fourth-order valence-electron chi connectivity index (χ4n) is 5.27. The molecule has 8 heteroatoms. The van der Waals surface area contributed by atoms with Gasteiger partial charge in [0.25, 0.3) is 5.91 Å². The van der Waals surface area contributed by atoms with Crippen LogP contribution in [0.25, 0.3) is 11.1 Å². The van der Waals surface area contributed by atoms with Crippen molar-refractivity contribution in [2.75, 3.05) is 25.1 Å². The molecule has 2 aliphatic heterocycles. The summed E-state index contributed by atoms with van der Waals surface area (Å²) in [6, 6.07) is 19.8. The van der Waals surface area contributed by atoms with Gasteiger partial charge in [-0.2, -0.15) is 5.26 Å². The molecule has 38 heavy (non-hydrogen) atoms. The monoisotopic (exact) mass is 506 g/mol. The summed E-state index contributed by atoms with van der Waals surface area (Å²) in [7, 11) is 0. The lowest BCUT2D eigenvalue weighted by atomic mass is 10.0. The average Bonchev–Trinajstić information content (AvgIpc) is 3.69. The van der Waals surface area contributed by atoms with Gasteiger partial charge in [-0.15, -0.1) is 0 Å². The van der Waals surface area contributed by atoms with Gasteiger partial charge in [0.05, 0.1) is 11.6 Å². The van der Waals surface area contributed by atoms with Crippen LogP contribution in [0.4, 0.5) is 5.82 Å². The molecule has 0 spiro atoms. The maximum absolute atomic E-state index is 13.2. The number of aliphatic imine (C=N–C) groups is 1. The summed E-state index contributed by atoms with van der Waals surface area (Å²) in [6.07, 6.45) is 7.89. The highest BCUT2D eigenvalue weighted by Gasteiger charge is 2.32. The number of nitrogens with two attached hydrogens (primary N) is 1. The molecule has 1 saturated carbocycles. The number of carbonyl (C=O) groups is 1. The number of para-hydroxylation sites is 1. The van der Waals surface area contributed by atoms with E-state index < -0.39 is 0 Å². The summed E-state index contributed by atoms with van der Waals surface area (Å²) in [4.78, 5) is 19.4. The number of anilines is 1. The fraction of sp³-hybridized carbons (Fsp3) is 0.300. The van der Waals surface area contributed by atoms with Crippen molar-refractivity contribution >= 4 is 17.6 Å². The predicted molar refractivity (Wildman–Crippen MR) is 147 cm³/mol. The van der Waals surface area contributed by atoms with Gasteiger partial charge in [0.1, 0.15) is 41.5 Å². The lowest BCUT2D eigenvalue weighted by Gasteiger charge is -2.34. The molecular formula is C30H30N6O2. The van der Waals surface area contributed by atoms with E-state index in [1.165, 1.54) is 0 Å². The number of piperidine rings is 1. The Morgan fingerprint density at radius 1 is 1.11 bits per heavy atom. The average molecular weight is 507 g/mol. The zero-order chi connectivity index (χ0) is 26.1. The third kappa shape index (κ3) is 4.75. The molecule has 2 aromatic carbocycles. The summed E-state index contributed by atoms with van der Waals surface area (Å²) >= 11 is 0. The van der Waals surface area contributed by atoms with Gasteiger partial charge in [-0.25, -0.2) is 4.99 Å². The van der Waals surface area contributed by atoms with Gasteiger partial charge in [-0.1, -0.05) is 36.4 Å². The number of nitriles is 1. The normalized spacial score (nSPS) is 19.1. The minimum absolute atomic E-state index is 0.0650. The highest BCUT2D eigenvalue weighted by molar-refractivity contribution is 6.09. The first-order chi connectivity index (χ1) is 18.6. The Kier molecular flexibility index (Phi) is 6.34. The van der Waals surface area contributed by atoms with Gasteiger partial charge >= 0.3 is 0 Å². The number of amidine groups is 1. The molecule has 1 saturated heterocycles. The molecule has 3 aromatic rings. The van der Waals surface area contributed by atoms with E-state index in [0.717, 1.165) is 59.7 Å². The minimum Gasteiger partial charge on any atom is -0.457 e. The van der Waals surface area contributed by atoms with E-state index in [0.29, 0.717) is 31.5 Å². The third-order valence-electron chi connectivity index (χ3n) is 7.38. The van der Waals surface area contributed by atoms with Crippen LogP contribution in [0.5, 0.6) is 11.5 Å². The van der Waals surface area contributed by atoms with Crippen molar-refractivity contribution in [3.8, 4) is 28.7 Å². The van der Waals surface area contributed by atoms with Crippen molar-refractivity contribution in [3.63, 3.8) is 0 Å². The van der Waals surface area contributed by atoms with Crippen LogP contribution in [0.3, 0.4) is 0 Å². The van der Waals surface area contributed by atoms with Crippen LogP contribution in [-0.2, 0) is 4.79 Å². The van der Waals surface area contributed by atoms with Crippen LogP contribution in [0.15, 0.2) is 77.4 Å². The number of allylic oxidation sites excluding steroid dienone is 1. The fourth-order valence-corrected chi connectivity index (χ4v) is 5.27. The van der Waals surface area contributed by atoms with Gasteiger partial charge in [-0.05, 0) is 61.4 Å². The zero-order valence-electron chi connectivity index (χ0n) is 21.1. The quantitative estimate of drug-likeness (QED) is 0.359. The highest BCUT2D eigenvalue weighted by atomic mass is 16.5. The van der Waals surface area contributed by atoms with Crippen LogP contribution < -0.4 is 15.8 Å². The standard InChI is InChI=1S/C30H30N6O2/c31-16-22(15-20-8-9-20)30(37)35-14-4-5-23(17-35)36-18-26(27-28(32)33-19-34-29(27)36)21-10-12-25(13-11-21)38-24-6-2-1-3-7-24/h1-3,6-7,10-13,15,18,20,23,34H,4-5,8-9,14,17,19H2,(H2,32,33)/t23-/m1/s1. The summed E-state index contributed by atoms with van der Waals surface area (Å²) in [5, 5.41) is 13.0. The Morgan fingerprint density at radius 3 is 2.61 bits per heavy atom. The first-order valence-electron chi connectivity index (χ1n) is 13.1. The van der Waals surface area contributed by atoms with Crippen molar-refractivity contribution in [1.82, 2.24) is 9.47 Å². The molecule has 3 N–H and O–H groups in total. The molecule has 1 amide bonds. The number of carbonyl (C=O) groups excluding carboxylic acids is 1. The zero-order valence-corrected chi connectivity index (χ0v) is 21.1. The number of hydrogen-bond donors (Lipinski definition) is 2. The number of amides is 1. The van der Waals surface area contributed by atoms with Crippen LogP contribution in [-0.4, -0.2) is 41.0 Å². The Labute approximate surface area is 222 Å². The molecule has 192 valence electrons. The predicted octanol–water partition coefficient (Wildman–Crippen LogP) is 5.06. The minimum atomic E-state index is -0.159. The second-order valence-corrected chi connectivity index (χ2v) is 10.1. The second kappa shape index (κ2) is 10.1. The van der Waals surface area contributed by atoms with E-state index in [-0.39, 0.29) is 17.5 Å². The largest absolute Gasteiger partial charge is 0.457 e. The number of likely N-dealkylation sites (tertiary alicyclic amines) is 1. The summed E-state index contributed by atoms with van der Waals surface area (Å²) < 4.78 is 8.17. The summed E-state index contributed by atoms with van der Waals surface area (Å²) in [5.41, 5.74) is 9.55. The first-order valence-corrected chi connectivity index (χ1v) is 13.1. The van der Waals surface area contributed by atoms with E-state index in [4.69, 9.17) is 10.5 Å². The molecule has 1 aliphatic carbocycles. The van der Waals surface area contributed by atoms with Crippen molar-refractivity contribution in [1.29, 1.82) is 5.26 Å². The van der Waals surface area contributed by atoms with E-state index in [1.807, 2.05) is 65.6 Å². The van der Waals surface area contributed by atoms with E-state index >= 15 is 0 Å². The second-order valence-electron chi connectivity index (χ2n) is 10.1. The molecule has 0 bridgehead atoms. The molecule has 0 radical (unpaired) electrons. The van der Waals surface area contributed by atoms with E-state index in [9.17, 15) is 10.1 Å². The Balaban J connectivity index is 1.28. The molecule has 2 fully saturated rings. The van der Waals surface area contributed by atoms with E-state index in [2.05, 4.69) is 27.1 Å². The Hall–Kier alpha value is -4.51. The molecule has 1 atom stereocenters. The number of rotatable bonds is 6. The SMILES string of the molecule is N#CC(=CC1CC1)C(=O)N1CCC[C@@H](n2cc(-c3ccc(Oc4ccccc4)cc3)c3c2NCN=C3N)C1. The molecule has 0 unspecified atom stereocenters. The smallest absolute Gasteiger partial charge is 0.264 e. The highest BCUT2D eigenvalue weighted by Crippen LogP contribution is 2.38. The van der Waals surface area contributed by atoms with Gasteiger partial charge in [0.15, 0.2) is 0 Å². The maximum Gasteiger partial charge on any atom is 0.264 e. The van der Waals surface area contributed by atoms with Gasteiger partial charge in [0, 0.05) is 24.8 Å². The van der Waals surface area contributed by atoms with Crippen LogP contribution in [0.1, 0.15) is 37.3 Å². The van der Waals surface area contributed by atoms with Gasteiger partial charge in [-0.3, -0.25) is 4.79 Å². The van der Waals surface area contributed by atoms with Crippen LogP contribution >= 0.6 is 0 Å². The lowest BCUT2D eigenvalue weighted by molar-refractivity contribution is -0.128. The number of nitrogens with zero attached hydrogens (tertiary/aromatic N) is 4. The van der Waals surface area contributed by atoms with Crippen molar-refractivity contribution in [2.24, 2.45) is 16.6 Å². The Bertz CT molecular complexity index is 1440. The topological polar surface area (TPSA) is 109 Å². The summed E-state index contributed by atoms with van der Waals surface area (Å²) in [5.74, 6) is 3.18. The maximum atomic E-state index is 13.2. The number of fused-ring (bicyclic) bond motifs is 1. The number of aromatic nitrogens is 1. The van der Waals surface area contributed by atoms with Crippen molar-refractivity contribution < 1.29 is 9.53 Å². The van der Waals surface area contributed by atoms with Crippen molar-refractivity contribution in [2.45, 2.75) is 31.7 Å². The molecule has 3 heterocycles. The number of ether oxygens (including phenoxy) is 1. The lowest BCUT2D eigenvalue weighted by Crippen LogP contribution is -2.41. The van der Waals surface area contributed by atoms with Gasteiger partial charge in [0.2, 0.25) is 0 Å². The summed E-state index contributed by atoms with van der Waals surface area (Å²) in [6.45, 7) is 1.62.